The van der Waals surface area contributed by atoms with Crippen LogP contribution in [0.5, 0.6) is 0 Å². The Kier molecular flexibility index (Phi) is 2.19. The Morgan fingerprint density at radius 1 is 1.22 bits per heavy atom. The fourth-order valence-corrected chi connectivity index (χ4v) is 2.08. The number of imidazole rings is 1. The van der Waals surface area contributed by atoms with Gasteiger partial charge in [-0.3, -0.25) is 0 Å². The van der Waals surface area contributed by atoms with Crippen molar-refractivity contribution in [3.05, 3.63) is 46.5 Å². The van der Waals surface area contributed by atoms with Crippen molar-refractivity contribution in [3.63, 3.8) is 0 Å². The smallest absolute Gasteiger partial charge is 0.323 e. The predicted molar refractivity (Wildman–Crippen MR) is 71.3 cm³/mol. The fourth-order valence-electron chi connectivity index (χ4n) is 2.08. The molecule has 5 nitrogen and oxygen atoms in total. The van der Waals surface area contributed by atoms with Crippen LogP contribution in [-0.4, -0.2) is 15.0 Å². The maximum atomic E-state index is 11.4. The first-order chi connectivity index (χ1) is 8.65. The van der Waals surface area contributed by atoms with Crippen molar-refractivity contribution >= 4 is 16.9 Å². The second kappa shape index (κ2) is 3.73. The Morgan fingerprint density at radius 3 is 2.89 bits per heavy atom. The molecular weight excluding hydrogens is 228 g/mol. The molecule has 1 aromatic carbocycles. The molecule has 18 heavy (non-hydrogen) atoms. The van der Waals surface area contributed by atoms with Crippen LogP contribution in [0.2, 0.25) is 0 Å². The van der Waals surface area contributed by atoms with E-state index in [9.17, 15) is 4.79 Å². The molecule has 4 N–H and O–H groups in total. The summed E-state index contributed by atoms with van der Waals surface area (Å²) in [5.74, 6) is 0.454. The van der Waals surface area contributed by atoms with Crippen molar-refractivity contribution < 1.29 is 0 Å². The lowest BCUT2D eigenvalue weighted by atomic mass is 10.0. The van der Waals surface area contributed by atoms with Gasteiger partial charge in [0.25, 0.3) is 0 Å². The van der Waals surface area contributed by atoms with Crippen LogP contribution < -0.4 is 11.4 Å². The Labute approximate surface area is 103 Å². The van der Waals surface area contributed by atoms with Gasteiger partial charge < -0.3 is 15.7 Å². The molecule has 2 heterocycles. The minimum absolute atomic E-state index is 0.225. The Balaban J connectivity index is 2.37. The molecule has 2 aromatic heterocycles. The molecule has 3 rings (SSSR count). The highest BCUT2D eigenvalue weighted by Crippen LogP contribution is 2.29. The van der Waals surface area contributed by atoms with Crippen LogP contribution >= 0.6 is 0 Å². The van der Waals surface area contributed by atoms with E-state index in [1.54, 1.807) is 6.20 Å². The first-order valence-corrected chi connectivity index (χ1v) is 5.58. The van der Waals surface area contributed by atoms with Gasteiger partial charge in [0.1, 0.15) is 5.82 Å². The summed E-state index contributed by atoms with van der Waals surface area (Å²) < 4.78 is 0. The Morgan fingerprint density at radius 2 is 2.06 bits per heavy atom. The number of hydrogen-bond acceptors (Lipinski definition) is 3. The van der Waals surface area contributed by atoms with E-state index in [1.807, 2.05) is 31.2 Å². The summed E-state index contributed by atoms with van der Waals surface area (Å²) in [6.07, 6.45) is 1.72. The molecule has 0 aliphatic carbocycles. The molecule has 0 fully saturated rings. The van der Waals surface area contributed by atoms with Gasteiger partial charge in [-0.05, 0) is 24.6 Å². The van der Waals surface area contributed by atoms with Crippen LogP contribution in [-0.2, 0) is 0 Å². The number of anilines is 1. The van der Waals surface area contributed by atoms with E-state index in [0.29, 0.717) is 5.82 Å². The molecule has 0 atom stereocenters. The van der Waals surface area contributed by atoms with Gasteiger partial charge in [-0.15, -0.1) is 0 Å². The number of fused-ring (bicyclic) bond motifs is 1. The lowest BCUT2D eigenvalue weighted by molar-refractivity contribution is 1.21. The number of nitrogens with one attached hydrogen (secondary N) is 2. The third kappa shape index (κ3) is 1.57. The number of benzene rings is 1. The third-order valence-electron chi connectivity index (χ3n) is 2.90. The number of para-hydroxylation sites is 1. The average Bonchev–Trinajstić information content (AvgIpc) is 2.72. The van der Waals surface area contributed by atoms with E-state index in [2.05, 4.69) is 15.0 Å². The van der Waals surface area contributed by atoms with E-state index < -0.39 is 0 Å². The summed E-state index contributed by atoms with van der Waals surface area (Å²) in [4.78, 5) is 21.0. The lowest BCUT2D eigenvalue weighted by Gasteiger charge is -2.07. The summed E-state index contributed by atoms with van der Waals surface area (Å²) in [5.41, 5.74) is 9.92. The first-order valence-electron chi connectivity index (χ1n) is 5.58. The molecule has 0 saturated carbocycles. The van der Waals surface area contributed by atoms with Gasteiger partial charge in [0, 0.05) is 17.3 Å². The normalized spacial score (nSPS) is 10.9. The number of rotatable bonds is 1. The monoisotopic (exact) mass is 240 g/mol. The Hall–Kier alpha value is -2.56. The van der Waals surface area contributed by atoms with Crippen molar-refractivity contribution in [1.29, 1.82) is 0 Å². The first kappa shape index (κ1) is 10.6. The van der Waals surface area contributed by atoms with Crippen LogP contribution in [0.25, 0.3) is 22.2 Å². The third-order valence-corrected chi connectivity index (χ3v) is 2.90. The quantitative estimate of drug-likeness (QED) is 0.606. The van der Waals surface area contributed by atoms with Gasteiger partial charge >= 0.3 is 5.69 Å². The van der Waals surface area contributed by atoms with Gasteiger partial charge in [0.2, 0.25) is 0 Å². The van der Waals surface area contributed by atoms with Crippen molar-refractivity contribution in [2.24, 2.45) is 0 Å². The summed E-state index contributed by atoms with van der Waals surface area (Å²) >= 11 is 0. The van der Waals surface area contributed by atoms with Crippen molar-refractivity contribution in [2.75, 3.05) is 5.73 Å². The summed E-state index contributed by atoms with van der Waals surface area (Å²) in [5, 5.41) is 0. The minimum atomic E-state index is -0.225. The predicted octanol–water partition coefficient (Wildman–Crippen LogP) is 1.81. The van der Waals surface area contributed by atoms with Crippen LogP contribution in [0, 0.1) is 6.92 Å². The molecule has 0 aliphatic heterocycles. The molecule has 5 heteroatoms. The number of nitrogens with two attached hydrogens (primary N) is 1. The average molecular weight is 240 g/mol. The molecule has 0 saturated heterocycles. The van der Waals surface area contributed by atoms with E-state index in [1.165, 1.54) is 0 Å². The molecule has 0 bridgehead atoms. The van der Waals surface area contributed by atoms with Crippen LogP contribution in [0.4, 0.5) is 5.82 Å². The van der Waals surface area contributed by atoms with Crippen molar-refractivity contribution in [2.45, 2.75) is 6.92 Å². The summed E-state index contributed by atoms with van der Waals surface area (Å²) in [7, 11) is 0. The van der Waals surface area contributed by atoms with Crippen molar-refractivity contribution in [3.8, 4) is 11.1 Å². The SMILES string of the molecule is Cc1cnc(N)c(-c2cccc3[nH]c(=O)[nH]c23)c1. The second-order valence-electron chi connectivity index (χ2n) is 4.25. The minimum Gasteiger partial charge on any atom is -0.383 e. The van der Waals surface area contributed by atoms with E-state index in [4.69, 9.17) is 5.73 Å². The summed E-state index contributed by atoms with van der Waals surface area (Å²) in [6.45, 7) is 1.95. The summed E-state index contributed by atoms with van der Waals surface area (Å²) in [6, 6.07) is 7.60. The molecule has 3 aromatic rings. The highest BCUT2D eigenvalue weighted by atomic mass is 16.1. The molecule has 0 aliphatic rings. The standard InChI is InChI=1S/C13H12N4O/c1-7-5-9(12(14)15-6-7)8-3-2-4-10-11(8)17-13(18)16-10/h2-6H,1H3,(H2,14,15)(H2,16,17,18). The number of nitrogen functional groups attached to an aromatic ring is 1. The molecule has 0 radical (unpaired) electrons. The van der Waals surface area contributed by atoms with Crippen molar-refractivity contribution in [1.82, 2.24) is 15.0 Å². The number of aryl methyl sites for hydroxylation is 1. The number of hydrogen-bond donors (Lipinski definition) is 3. The zero-order valence-electron chi connectivity index (χ0n) is 9.82. The van der Waals surface area contributed by atoms with Crippen LogP contribution in [0.1, 0.15) is 5.56 Å². The largest absolute Gasteiger partial charge is 0.383 e. The zero-order chi connectivity index (χ0) is 12.7. The maximum absolute atomic E-state index is 11.4. The molecule has 0 amide bonds. The van der Waals surface area contributed by atoms with Gasteiger partial charge in [-0.1, -0.05) is 12.1 Å². The topological polar surface area (TPSA) is 87.6 Å². The van der Waals surface area contributed by atoms with Crippen LogP contribution in [0.15, 0.2) is 35.3 Å². The van der Waals surface area contributed by atoms with Gasteiger partial charge in [-0.25, -0.2) is 9.78 Å². The van der Waals surface area contributed by atoms with E-state index in [0.717, 1.165) is 27.7 Å². The maximum Gasteiger partial charge on any atom is 0.323 e. The molecular formula is C13H12N4O. The highest BCUT2D eigenvalue weighted by molar-refractivity contribution is 5.94. The van der Waals surface area contributed by atoms with Gasteiger partial charge in [0.15, 0.2) is 0 Å². The lowest BCUT2D eigenvalue weighted by Crippen LogP contribution is -1.99. The number of H-pyrrole nitrogens is 2. The molecule has 0 spiro atoms. The van der Waals surface area contributed by atoms with E-state index in [-0.39, 0.29) is 5.69 Å². The molecule has 90 valence electrons. The van der Waals surface area contributed by atoms with Gasteiger partial charge in [0.05, 0.1) is 11.0 Å². The van der Waals surface area contributed by atoms with E-state index >= 15 is 0 Å². The molecule has 0 unspecified atom stereocenters. The number of aromatic amines is 2. The number of nitrogens with zero attached hydrogens (tertiary/aromatic N) is 1. The van der Waals surface area contributed by atoms with Gasteiger partial charge in [-0.2, -0.15) is 0 Å². The zero-order valence-corrected chi connectivity index (χ0v) is 9.82. The second-order valence-corrected chi connectivity index (χ2v) is 4.25. The number of pyridine rings is 1. The fraction of sp³-hybridized carbons (Fsp3) is 0.0769. The Bertz CT molecular complexity index is 785. The highest BCUT2D eigenvalue weighted by Gasteiger charge is 2.10. The number of aromatic nitrogens is 3. The van der Waals surface area contributed by atoms with Crippen LogP contribution in [0.3, 0.4) is 0 Å².